The second kappa shape index (κ2) is 8.62. The molecule has 0 aliphatic carbocycles. The molecule has 0 aromatic heterocycles. The molecule has 0 fully saturated rings. The number of unbranched alkanes of at least 4 members (excludes halogenated alkanes) is 3. The first-order valence-corrected chi connectivity index (χ1v) is 7.49. The number of nitro groups is 1. The van der Waals surface area contributed by atoms with Crippen LogP contribution in [0.3, 0.4) is 0 Å². The fraction of sp³-hybridized carbons (Fsp3) is 0.533. The van der Waals surface area contributed by atoms with Gasteiger partial charge in [0.15, 0.2) is 0 Å². The van der Waals surface area contributed by atoms with Gasteiger partial charge in [-0.1, -0.05) is 43.9 Å². The third kappa shape index (κ3) is 5.34. The van der Waals surface area contributed by atoms with Gasteiger partial charge in [-0.2, -0.15) is 0 Å². The summed E-state index contributed by atoms with van der Waals surface area (Å²) < 4.78 is 5.26. The Morgan fingerprint density at radius 1 is 1.38 bits per heavy atom. The van der Waals surface area contributed by atoms with Crippen LogP contribution in [0.5, 0.6) is 0 Å². The summed E-state index contributed by atoms with van der Waals surface area (Å²) in [7, 11) is 0. The van der Waals surface area contributed by atoms with Gasteiger partial charge >= 0.3 is 11.7 Å². The molecule has 0 aliphatic heterocycles. The number of rotatable bonds is 8. The normalized spacial score (nSPS) is 12.0. The number of hydrogen-bond donors (Lipinski definition) is 0. The van der Waals surface area contributed by atoms with Crippen LogP contribution >= 0.6 is 11.6 Å². The van der Waals surface area contributed by atoms with Crippen LogP contribution in [0.2, 0.25) is 5.02 Å². The summed E-state index contributed by atoms with van der Waals surface area (Å²) in [6, 6.07) is 4.23. The Bertz CT molecular complexity index is 504. The highest BCUT2D eigenvalue weighted by Gasteiger charge is 2.25. The van der Waals surface area contributed by atoms with Gasteiger partial charge in [0.2, 0.25) is 0 Å². The number of ether oxygens (including phenoxy) is 1. The van der Waals surface area contributed by atoms with E-state index in [4.69, 9.17) is 16.3 Å². The van der Waals surface area contributed by atoms with Gasteiger partial charge in [0.25, 0.3) is 0 Å². The topological polar surface area (TPSA) is 69.4 Å². The van der Waals surface area contributed by atoms with Crippen molar-refractivity contribution in [1.29, 1.82) is 0 Å². The molecule has 1 unspecified atom stereocenters. The Labute approximate surface area is 129 Å². The number of halogens is 1. The van der Waals surface area contributed by atoms with E-state index in [1.54, 1.807) is 6.92 Å². The number of nitro benzene ring substituents is 1. The molecule has 0 radical (unpaired) electrons. The zero-order valence-electron chi connectivity index (χ0n) is 12.3. The van der Waals surface area contributed by atoms with Gasteiger partial charge in [0.05, 0.1) is 11.0 Å². The molecule has 0 aliphatic rings. The Kier molecular flexibility index (Phi) is 7.15. The van der Waals surface area contributed by atoms with Crippen LogP contribution in [-0.2, 0) is 4.74 Å². The molecule has 0 bridgehead atoms. The van der Waals surface area contributed by atoms with E-state index in [1.807, 2.05) is 0 Å². The van der Waals surface area contributed by atoms with Crippen LogP contribution in [0.15, 0.2) is 18.2 Å². The molecule has 0 heterocycles. The molecule has 1 aromatic rings. The predicted octanol–water partition coefficient (Wildman–Crippen LogP) is 4.76. The number of benzene rings is 1. The van der Waals surface area contributed by atoms with Gasteiger partial charge in [-0.3, -0.25) is 10.1 Å². The minimum Gasteiger partial charge on any atom is -0.459 e. The van der Waals surface area contributed by atoms with Gasteiger partial charge in [-0.05, 0) is 31.9 Å². The van der Waals surface area contributed by atoms with Crippen molar-refractivity contribution in [3.63, 3.8) is 0 Å². The van der Waals surface area contributed by atoms with E-state index in [0.717, 1.165) is 32.1 Å². The Morgan fingerprint density at radius 3 is 2.71 bits per heavy atom. The lowest BCUT2D eigenvalue weighted by Gasteiger charge is -2.13. The van der Waals surface area contributed by atoms with Crippen LogP contribution in [0.4, 0.5) is 5.69 Å². The first kappa shape index (κ1) is 17.4. The lowest BCUT2D eigenvalue weighted by molar-refractivity contribution is -0.385. The summed E-state index contributed by atoms with van der Waals surface area (Å²) in [5.41, 5.74) is -0.504. The summed E-state index contributed by atoms with van der Waals surface area (Å²) >= 11 is 5.77. The number of hydrogen-bond acceptors (Lipinski definition) is 4. The number of esters is 1. The van der Waals surface area contributed by atoms with Crippen molar-refractivity contribution in [3.8, 4) is 0 Å². The van der Waals surface area contributed by atoms with E-state index < -0.39 is 16.6 Å². The molecule has 1 rings (SSSR count). The van der Waals surface area contributed by atoms with E-state index in [-0.39, 0.29) is 16.7 Å². The Hall–Kier alpha value is -1.62. The highest BCUT2D eigenvalue weighted by atomic mass is 35.5. The summed E-state index contributed by atoms with van der Waals surface area (Å²) in [6.45, 7) is 3.92. The van der Waals surface area contributed by atoms with Gasteiger partial charge in [0.1, 0.15) is 10.6 Å². The van der Waals surface area contributed by atoms with E-state index >= 15 is 0 Å². The van der Waals surface area contributed by atoms with E-state index in [2.05, 4.69) is 6.92 Å². The fourth-order valence-corrected chi connectivity index (χ4v) is 2.27. The maximum Gasteiger partial charge on any atom is 0.345 e. The van der Waals surface area contributed by atoms with Crippen molar-refractivity contribution in [1.82, 2.24) is 0 Å². The van der Waals surface area contributed by atoms with Crippen LogP contribution in [0.25, 0.3) is 0 Å². The maximum atomic E-state index is 12.0. The third-order valence-electron chi connectivity index (χ3n) is 3.16. The average Bonchev–Trinajstić information content (AvgIpc) is 2.42. The van der Waals surface area contributed by atoms with Crippen LogP contribution < -0.4 is 0 Å². The third-order valence-corrected chi connectivity index (χ3v) is 3.47. The predicted molar refractivity (Wildman–Crippen MR) is 81.7 cm³/mol. The minimum atomic E-state index is -0.702. The van der Waals surface area contributed by atoms with Crippen molar-refractivity contribution in [2.75, 3.05) is 0 Å². The van der Waals surface area contributed by atoms with Crippen LogP contribution in [0, 0.1) is 10.1 Å². The van der Waals surface area contributed by atoms with Crippen molar-refractivity contribution in [2.24, 2.45) is 0 Å². The smallest absolute Gasteiger partial charge is 0.345 e. The first-order chi connectivity index (χ1) is 9.97. The molecule has 0 spiro atoms. The van der Waals surface area contributed by atoms with E-state index in [9.17, 15) is 14.9 Å². The quantitative estimate of drug-likeness (QED) is 0.300. The maximum absolute atomic E-state index is 12.0. The monoisotopic (exact) mass is 313 g/mol. The van der Waals surface area contributed by atoms with Gasteiger partial charge < -0.3 is 4.74 Å². The molecule has 6 heteroatoms. The van der Waals surface area contributed by atoms with Crippen molar-refractivity contribution in [3.05, 3.63) is 38.9 Å². The molecule has 1 aromatic carbocycles. The zero-order chi connectivity index (χ0) is 15.8. The molecule has 0 amide bonds. The molecule has 0 saturated carbocycles. The SMILES string of the molecule is CCCCCCC(C)OC(=O)c1cccc(Cl)c1[N+](=O)[O-]. The second-order valence-electron chi connectivity index (χ2n) is 4.96. The minimum absolute atomic E-state index is 0.0648. The second-order valence-corrected chi connectivity index (χ2v) is 5.37. The first-order valence-electron chi connectivity index (χ1n) is 7.11. The van der Waals surface area contributed by atoms with Gasteiger partial charge in [-0.15, -0.1) is 0 Å². The molecule has 0 saturated heterocycles. The average molecular weight is 314 g/mol. The zero-order valence-corrected chi connectivity index (χ0v) is 13.1. The number of carbonyl (C=O) groups is 1. The fourth-order valence-electron chi connectivity index (χ4n) is 2.03. The molecule has 0 N–H and O–H groups in total. The van der Waals surface area contributed by atoms with E-state index in [0.29, 0.717) is 0 Å². The molecule has 21 heavy (non-hydrogen) atoms. The van der Waals surface area contributed by atoms with Crippen molar-refractivity contribution < 1.29 is 14.5 Å². The lowest BCUT2D eigenvalue weighted by atomic mass is 10.1. The van der Waals surface area contributed by atoms with Crippen LogP contribution in [0.1, 0.15) is 56.3 Å². The molecule has 116 valence electrons. The van der Waals surface area contributed by atoms with E-state index in [1.165, 1.54) is 18.2 Å². The number of carbonyl (C=O) groups excluding carboxylic acids is 1. The number of para-hydroxylation sites is 1. The summed E-state index contributed by atoms with van der Waals surface area (Å²) in [4.78, 5) is 22.4. The standard InChI is InChI=1S/C15H20ClNO4/c1-3-4-5-6-8-11(2)21-15(18)12-9-7-10-13(16)14(12)17(19)20/h7,9-11H,3-6,8H2,1-2H3. The Balaban J connectivity index is 2.68. The summed E-state index contributed by atoms with van der Waals surface area (Å²) in [5, 5.41) is 10.9. The highest BCUT2D eigenvalue weighted by molar-refractivity contribution is 6.33. The van der Waals surface area contributed by atoms with Crippen molar-refractivity contribution >= 4 is 23.3 Å². The van der Waals surface area contributed by atoms with Gasteiger partial charge in [0, 0.05) is 0 Å². The summed E-state index contributed by atoms with van der Waals surface area (Å²) in [6.07, 6.45) is 4.84. The van der Waals surface area contributed by atoms with Gasteiger partial charge in [-0.25, -0.2) is 4.79 Å². The Morgan fingerprint density at radius 2 is 2.10 bits per heavy atom. The summed E-state index contributed by atoms with van der Waals surface area (Å²) in [5.74, 6) is -0.702. The van der Waals surface area contributed by atoms with Crippen molar-refractivity contribution in [2.45, 2.75) is 52.1 Å². The molecular weight excluding hydrogens is 294 g/mol. The highest BCUT2D eigenvalue weighted by Crippen LogP contribution is 2.29. The molecule has 5 nitrogen and oxygen atoms in total. The lowest BCUT2D eigenvalue weighted by Crippen LogP contribution is -2.16. The number of nitrogens with zero attached hydrogens (tertiary/aromatic N) is 1. The molecule has 1 atom stereocenters. The molecular formula is C15H20ClNO4. The largest absolute Gasteiger partial charge is 0.459 e. The van der Waals surface area contributed by atoms with Crippen LogP contribution in [-0.4, -0.2) is 17.0 Å².